The van der Waals surface area contributed by atoms with E-state index in [-0.39, 0.29) is 18.1 Å². The number of ether oxygens (including phenoxy) is 1. The van der Waals surface area contributed by atoms with Crippen LogP contribution in [-0.2, 0) is 16.0 Å². The molecule has 2 atom stereocenters. The molecule has 0 spiro atoms. The smallest absolute Gasteiger partial charge is 0.302 e. The van der Waals surface area contributed by atoms with E-state index in [0.29, 0.717) is 0 Å². The Morgan fingerprint density at radius 1 is 1.45 bits per heavy atom. The van der Waals surface area contributed by atoms with Crippen molar-refractivity contribution in [3.8, 4) is 0 Å². The van der Waals surface area contributed by atoms with Crippen LogP contribution in [0.2, 0.25) is 0 Å². The van der Waals surface area contributed by atoms with Crippen LogP contribution >= 0.6 is 15.9 Å². The molecule has 0 radical (unpaired) electrons. The van der Waals surface area contributed by atoms with E-state index in [2.05, 4.69) is 38.4 Å². The Morgan fingerprint density at radius 2 is 2.25 bits per heavy atom. The van der Waals surface area contributed by atoms with Gasteiger partial charge in [-0.05, 0) is 46.9 Å². The highest BCUT2D eigenvalue weighted by Crippen LogP contribution is 2.29. The average Bonchev–Trinajstić information content (AvgIpc) is 2.95. The van der Waals surface area contributed by atoms with Crippen molar-refractivity contribution in [2.75, 3.05) is 6.54 Å². The fourth-order valence-corrected chi connectivity index (χ4v) is 3.48. The third-order valence-corrected chi connectivity index (χ3v) is 4.46. The lowest BCUT2D eigenvalue weighted by atomic mass is 10.0. The Balaban J connectivity index is 1.85. The Kier molecular flexibility index (Phi) is 3.81. The number of aromatic amines is 1. The van der Waals surface area contributed by atoms with E-state index in [1.807, 2.05) is 12.1 Å². The topological polar surface area (TPSA) is 54.1 Å². The molecular formula is C15H17BrN2O2. The summed E-state index contributed by atoms with van der Waals surface area (Å²) in [5, 5.41) is 4.65. The van der Waals surface area contributed by atoms with E-state index < -0.39 is 0 Å². The summed E-state index contributed by atoms with van der Waals surface area (Å²) in [7, 11) is 0. The molecule has 0 saturated carbocycles. The van der Waals surface area contributed by atoms with Crippen molar-refractivity contribution in [1.29, 1.82) is 0 Å². The minimum Gasteiger partial charge on any atom is -0.461 e. The minimum atomic E-state index is -0.207. The zero-order valence-corrected chi connectivity index (χ0v) is 12.9. The molecule has 1 aromatic heterocycles. The van der Waals surface area contributed by atoms with Crippen LogP contribution in [-0.4, -0.2) is 29.6 Å². The first kappa shape index (κ1) is 13.6. The highest BCUT2D eigenvalue weighted by atomic mass is 79.9. The Labute approximate surface area is 126 Å². The lowest BCUT2D eigenvalue weighted by molar-refractivity contribution is -0.146. The van der Waals surface area contributed by atoms with Gasteiger partial charge < -0.3 is 15.0 Å². The van der Waals surface area contributed by atoms with Crippen molar-refractivity contribution in [3.63, 3.8) is 0 Å². The Bertz CT molecular complexity index is 638. The van der Waals surface area contributed by atoms with Crippen molar-refractivity contribution in [2.24, 2.45) is 0 Å². The number of esters is 1. The molecule has 0 amide bonds. The fourth-order valence-electron chi connectivity index (χ4n) is 2.89. The fraction of sp³-hybridized carbons (Fsp3) is 0.400. The molecule has 1 aliphatic rings. The maximum Gasteiger partial charge on any atom is 0.302 e. The summed E-state index contributed by atoms with van der Waals surface area (Å²) in [6.07, 6.45) is 1.68. The van der Waals surface area contributed by atoms with E-state index >= 15 is 0 Å². The minimum absolute atomic E-state index is 0.0342. The summed E-state index contributed by atoms with van der Waals surface area (Å²) >= 11 is 3.60. The first-order valence-electron chi connectivity index (χ1n) is 6.81. The predicted molar refractivity (Wildman–Crippen MR) is 81.7 cm³/mol. The van der Waals surface area contributed by atoms with Gasteiger partial charge in [0.15, 0.2) is 0 Å². The molecule has 1 saturated heterocycles. The second kappa shape index (κ2) is 5.58. The number of aromatic nitrogens is 1. The molecule has 20 heavy (non-hydrogen) atoms. The number of H-pyrrole nitrogens is 1. The van der Waals surface area contributed by atoms with Crippen molar-refractivity contribution in [2.45, 2.75) is 31.9 Å². The van der Waals surface area contributed by atoms with E-state index in [4.69, 9.17) is 4.74 Å². The summed E-state index contributed by atoms with van der Waals surface area (Å²) < 4.78 is 6.41. The molecule has 106 valence electrons. The van der Waals surface area contributed by atoms with Crippen molar-refractivity contribution in [3.05, 3.63) is 34.4 Å². The number of fused-ring (bicyclic) bond motifs is 1. The zero-order chi connectivity index (χ0) is 14.1. The number of nitrogens with one attached hydrogen (secondary N) is 2. The van der Waals surface area contributed by atoms with Crippen molar-refractivity contribution in [1.82, 2.24) is 10.3 Å². The summed E-state index contributed by atoms with van der Waals surface area (Å²) in [5.41, 5.74) is 2.36. The van der Waals surface area contributed by atoms with Gasteiger partial charge >= 0.3 is 5.97 Å². The summed E-state index contributed by atoms with van der Waals surface area (Å²) in [6.45, 7) is 2.36. The van der Waals surface area contributed by atoms with E-state index in [1.165, 1.54) is 17.9 Å². The van der Waals surface area contributed by atoms with Crippen LogP contribution in [0, 0.1) is 0 Å². The van der Waals surface area contributed by atoms with Gasteiger partial charge in [-0.2, -0.15) is 0 Å². The van der Waals surface area contributed by atoms with Crippen LogP contribution in [0.5, 0.6) is 0 Å². The number of hydrogen-bond acceptors (Lipinski definition) is 3. The Morgan fingerprint density at radius 3 is 3.05 bits per heavy atom. The lowest BCUT2D eigenvalue weighted by Gasteiger charge is -2.19. The normalized spacial score (nSPS) is 22.3. The largest absolute Gasteiger partial charge is 0.461 e. The molecule has 4 nitrogen and oxygen atoms in total. The monoisotopic (exact) mass is 336 g/mol. The second-order valence-electron chi connectivity index (χ2n) is 5.16. The standard InChI is InChI=1S/C15H17BrN2O2/c1-9(19)20-14-6-7-17-13(14)8-11-10-4-2-3-5-12(10)18-15(11)16/h2-5,13-14,17-18H,6-8H2,1H3/t13-,14-/m1/s1. The third-order valence-electron chi connectivity index (χ3n) is 3.79. The average molecular weight is 337 g/mol. The predicted octanol–water partition coefficient (Wildman–Crippen LogP) is 2.77. The number of carbonyl (C=O) groups is 1. The number of benzene rings is 1. The van der Waals surface area contributed by atoms with Gasteiger partial charge in [0.1, 0.15) is 6.10 Å². The maximum atomic E-state index is 11.2. The van der Waals surface area contributed by atoms with Gasteiger partial charge in [0.05, 0.1) is 4.60 Å². The van der Waals surface area contributed by atoms with E-state index in [0.717, 1.165) is 29.5 Å². The van der Waals surface area contributed by atoms with Gasteiger partial charge in [-0.3, -0.25) is 4.79 Å². The van der Waals surface area contributed by atoms with Crippen LogP contribution in [0.4, 0.5) is 0 Å². The van der Waals surface area contributed by atoms with Crippen LogP contribution < -0.4 is 5.32 Å². The van der Waals surface area contributed by atoms with Crippen molar-refractivity contribution >= 4 is 32.8 Å². The molecule has 1 fully saturated rings. The summed E-state index contributed by atoms with van der Waals surface area (Å²) in [6, 6.07) is 8.41. The van der Waals surface area contributed by atoms with Crippen LogP contribution in [0.25, 0.3) is 10.9 Å². The number of rotatable bonds is 3. The molecule has 1 aromatic carbocycles. The first-order valence-corrected chi connectivity index (χ1v) is 7.60. The number of para-hydroxylation sites is 1. The molecule has 2 aromatic rings. The zero-order valence-electron chi connectivity index (χ0n) is 11.3. The molecule has 2 N–H and O–H groups in total. The van der Waals surface area contributed by atoms with Gasteiger partial charge in [-0.15, -0.1) is 0 Å². The SMILES string of the molecule is CC(=O)O[C@@H]1CCN[C@@H]1Cc1c(Br)[nH]c2ccccc12. The summed E-state index contributed by atoms with van der Waals surface area (Å²) in [4.78, 5) is 14.5. The highest BCUT2D eigenvalue weighted by molar-refractivity contribution is 9.10. The van der Waals surface area contributed by atoms with Crippen LogP contribution in [0.15, 0.2) is 28.9 Å². The Hall–Kier alpha value is -1.33. The number of hydrogen-bond donors (Lipinski definition) is 2. The molecule has 5 heteroatoms. The van der Waals surface area contributed by atoms with E-state index in [1.54, 1.807) is 0 Å². The molecular weight excluding hydrogens is 320 g/mol. The first-order chi connectivity index (χ1) is 9.65. The molecule has 0 aliphatic carbocycles. The number of carbonyl (C=O) groups excluding carboxylic acids is 1. The maximum absolute atomic E-state index is 11.2. The lowest BCUT2D eigenvalue weighted by Crippen LogP contribution is -2.35. The highest BCUT2D eigenvalue weighted by Gasteiger charge is 2.30. The van der Waals surface area contributed by atoms with Gasteiger partial charge in [-0.1, -0.05) is 18.2 Å². The second-order valence-corrected chi connectivity index (χ2v) is 5.96. The summed E-state index contributed by atoms with van der Waals surface area (Å²) in [5.74, 6) is -0.207. The molecule has 3 rings (SSSR count). The third kappa shape index (κ3) is 2.60. The van der Waals surface area contributed by atoms with Gasteiger partial charge in [0, 0.05) is 23.9 Å². The van der Waals surface area contributed by atoms with Crippen molar-refractivity contribution < 1.29 is 9.53 Å². The molecule has 0 bridgehead atoms. The van der Waals surface area contributed by atoms with Crippen LogP contribution in [0.1, 0.15) is 18.9 Å². The van der Waals surface area contributed by atoms with Gasteiger partial charge in [-0.25, -0.2) is 0 Å². The quantitative estimate of drug-likeness (QED) is 0.847. The molecule has 0 unspecified atom stereocenters. The molecule has 2 heterocycles. The van der Waals surface area contributed by atoms with E-state index in [9.17, 15) is 4.79 Å². The molecule has 1 aliphatic heterocycles. The number of halogens is 1. The van der Waals surface area contributed by atoms with Crippen LogP contribution in [0.3, 0.4) is 0 Å². The van der Waals surface area contributed by atoms with Gasteiger partial charge in [0.25, 0.3) is 0 Å². The van der Waals surface area contributed by atoms with Gasteiger partial charge in [0.2, 0.25) is 0 Å².